The van der Waals surface area contributed by atoms with Gasteiger partial charge in [0.15, 0.2) is 0 Å². The number of carboxylic acid groups (broad SMARTS) is 1. The lowest BCUT2D eigenvalue weighted by molar-refractivity contribution is 0.0691. The number of halogens is 1. The highest BCUT2D eigenvalue weighted by atomic mass is 79.9. The Kier molecular flexibility index (Phi) is 2.11. The number of aromatic amines is 1. The maximum absolute atomic E-state index is 10.3. The summed E-state index contributed by atoms with van der Waals surface area (Å²) in [4.78, 5) is 13.0. The second kappa shape index (κ2) is 2.88. The molecule has 1 aromatic heterocycles. The third-order valence-electron chi connectivity index (χ3n) is 1.12. The van der Waals surface area contributed by atoms with Crippen LogP contribution in [0.5, 0.6) is 0 Å². The molecule has 0 unspecified atom stereocenters. The van der Waals surface area contributed by atoms with E-state index < -0.39 is 5.97 Å². The summed E-state index contributed by atoms with van der Waals surface area (Å²) < 4.78 is 0. The van der Waals surface area contributed by atoms with Crippen LogP contribution in [0.4, 0.5) is 0 Å². The van der Waals surface area contributed by atoms with Crippen LogP contribution in [-0.2, 0) is 5.33 Å². The largest absolute Gasteiger partial charge is 0.477 e. The summed E-state index contributed by atoms with van der Waals surface area (Å²) in [6.07, 6.45) is 0. The average molecular weight is 204 g/mol. The van der Waals surface area contributed by atoms with E-state index in [0.717, 1.165) is 5.69 Å². The second-order valence-electron chi connectivity index (χ2n) is 1.84. The van der Waals surface area contributed by atoms with E-state index in [9.17, 15) is 4.79 Å². The smallest absolute Gasteiger partial charge is 0.352 e. The van der Waals surface area contributed by atoms with Gasteiger partial charge in [-0.1, -0.05) is 15.9 Å². The highest BCUT2D eigenvalue weighted by Crippen LogP contribution is 2.05. The van der Waals surface area contributed by atoms with Gasteiger partial charge >= 0.3 is 5.97 Å². The molecular weight excluding hydrogens is 198 g/mol. The van der Waals surface area contributed by atoms with Gasteiger partial charge < -0.3 is 10.1 Å². The van der Waals surface area contributed by atoms with Crippen molar-refractivity contribution in [1.29, 1.82) is 0 Å². The molecule has 0 atom stereocenters. The molecule has 0 aliphatic heterocycles. The number of H-pyrrole nitrogens is 1. The van der Waals surface area contributed by atoms with Crippen molar-refractivity contribution in [2.24, 2.45) is 0 Å². The van der Waals surface area contributed by atoms with E-state index >= 15 is 0 Å². The molecule has 0 saturated carbocycles. The minimum atomic E-state index is -0.924. The minimum Gasteiger partial charge on any atom is -0.477 e. The van der Waals surface area contributed by atoms with Gasteiger partial charge in [0.2, 0.25) is 0 Å². The fraction of sp³-hybridized carbons (Fsp3) is 0.167. The fourth-order valence-corrected chi connectivity index (χ4v) is 0.970. The Hall–Kier alpha value is -0.770. The molecule has 1 rings (SSSR count). The van der Waals surface area contributed by atoms with Crippen molar-refractivity contribution in [3.05, 3.63) is 23.5 Å². The first kappa shape index (κ1) is 7.34. The van der Waals surface area contributed by atoms with E-state index in [0.29, 0.717) is 5.33 Å². The van der Waals surface area contributed by atoms with E-state index in [-0.39, 0.29) is 5.69 Å². The van der Waals surface area contributed by atoms with Crippen LogP contribution in [0.1, 0.15) is 16.2 Å². The third kappa shape index (κ3) is 1.39. The van der Waals surface area contributed by atoms with Crippen LogP contribution in [0.25, 0.3) is 0 Å². The number of aromatic nitrogens is 1. The number of alkyl halides is 1. The average Bonchev–Trinajstić information content (AvgIpc) is 2.34. The van der Waals surface area contributed by atoms with E-state index in [4.69, 9.17) is 5.11 Å². The zero-order valence-electron chi connectivity index (χ0n) is 5.10. The fourth-order valence-electron chi connectivity index (χ4n) is 0.643. The summed E-state index contributed by atoms with van der Waals surface area (Å²) in [5.74, 6) is -0.924. The van der Waals surface area contributed by atoms with E-state index in [2.05, 4.69) is 20.9 Å². The maximum atomic E-state index is 10.3. The first-order valence-corrected chi connectivity index (χ1v) is 3.83. The first-order valence-electron chi connectivity index (χ1n) is 2.71. The minimum absolute atomic E-state index is 0.231. The number of carboxylic acids is 1. The Bertz CT molecular complexity index is 244. The number of aromatic carboxylic acids is 1. The number of hydrogen-bond acceptors (Lipinski definition) is 1. The highest BCUT2D eigenvalue weighted by molar-refractivity contribution is 9.08. The summed E-state index contributed by atoms with van der Waals surface area (Å²) in [5, 5.41) is 9.10. The Morgan fingerprint density at radius 1 is 1.70 bits per heavy atom. The highest BCUT2D eigenvalue weighted by Gasteiger charge is 2.03. The van der Waals surface area contributed by atoms with Gasteiger partial charge in [-0.2, -0.15) is 0 Å². The van der Waals surface area contributed by atoms with Gasteiger partial charge in [-0.3, -0.25) is 0 Å². The predicted molar refractivity (Wildman–Crippen MR) is 40.4 cm³/mol. The Morgan fingerprint density at radius 2 is 2.40 bits per heavy atom. The van der Waals surface area contributed by atoms with E-state index in [1.54, 1.807) is 12.1 Å². The van der Waals surface area contributed by atoms with Gasteiger partial charge in [0, 0.05) is 11.0 Å². The Balaban J connectivity index is 2.88. The molecule has 54 valence electrons. The molecule has 4 heteroatoms. The van der Waals surface area contributed by atoms with Crippen LogP contribution in [-0.4, -0.2) is 16.1 Å². The predicted octanol–water partition coefficient (Wildman–Crippen LogP) is 1.61. The van der Waals surface area contributed by atoms with Crippen LogP contribution in [0.3, 0.4) is 0 Å². The monoisotopic (exact) mass is 203 g/mol. The molecule has 0 aliphatic rings. The number of carbonyl (C=O) groups is 1. The zero-order chi connectivity index (χ0) is 7.56. The lowest BCUT2D eigenvalue weighted by Gasteiger charge is -1.86. The van der Waals surface area contributed by atoms with Gasteiger partial charge in [-0.15, -0.1) is 0 Å². The molecule has 0 bridgehead atoms. The van der Waals surface area contributed by atoms with Crippen molar-refractivity contribution in [2.75, 3.05) is 0 Å². The number of rotatable bonds is 2. The Labute approximate surface area is 66.2 Å². The molecular formula is C6H6BrNO2. The van der Waals surface area contributed by atoms with Crippen molar-refractivity contribution in [1.82, 2.24) is 4.98 Å². The molecule has 0 aromatic carbocycles. The molecule has 2 N–H and O–H groups in total. The summed E-state index contributed by atoms with van der Waals surface area (Å²) in [6.45, 7) is 0. The Morgan fingerprint density at radius 3 is 2.70 bits per heavy atom. The summed E-state index contributed by atoms with van der Waals surface area (Å²) in [6, 6.07) is 3.27. The first-order chi connectivity index (χ1) is 4.74. The molecule has 0 spiro atoms. The molecule has 0 radical (unpaired) electrons. The van der Waals surface area contributed by atoms with Gasteiger partial charge in [0.25, 0.3) is 0 Å². The number of hydrogen-bond donors (Lipinski definition) is 2. The topological polar surface area (TPSA) is 53.1 Å². The molecule has 10 heavy (non-hydrogen) atoms. The number of nitrogens with one attached hydrogen (secondary N) is 1. The normalized spacial score (nSPS) is 9.70. The van der Waals surface area contributed by atoms with E-state index in [1.165, 1.54) is 0 Å². The van der Waals surface area contributed by atoms with Crippen LogP contribution >= 0.6 is 15.9 Å². The molecule has 1 heterocycles. The molecule has 1 aromatic rings. The summed E-state index contributed by atoms with van der Waals surface area (Å²) in [7, 11) is 0. The van der Waals surface area contributed by atoms with Gasteiger partial charge in [-0.25, -0.2) is 4.79 Å². The molecule has 3 nitrogen and oxygen atoms in total. The van der Waals surface area contributed by atoms with Crippen LogP contribution in [0, 0.1) is 0 Å². The zero-order valence-corrected chi connectivity index (χ0v) is 6.68. The van der Waals surface area contributed by atoms with Crippen molar-refractivity contribution in [3.8, 4) is 0 Å². The lowest BCUT2D eigenvalue weighted by Crippen LogP contribution is -1.95. The van der Waals surface area contributed by atoms with Crippen LogP contribution in [0.2, 0.25) is 0 Å². The molecule has 0 amide bonds. The van der Waals surface area contributed by atoms with Gasteiger partial charge in [0.1, 0.15) is 5.69 Å². The summed E-state index contributed by atoms with van der Waals surface area (Å²) in [5.41, 5.74) is 1.10. The molecule has 0 aliphatic carbocycles. The maximum Gasteiger partial charge on any atom is 0.352 e. The summed E-state index contributed by atoms with van der Waals surface area (Å²) >= 11 is 3.20. The SMILES string of the molecule is O=C(O)c1ccc(CBr)[nH]1. The van der Waals surface area contributed by atoms with Crippen molar-refractivity contribution in [2.45, 2.75) is 5.33 Å². The second-order valence-corrected chi connectivity index (χ2v) is 2.40. The standard InChI is InChI=1S/C6H6BrNO2/c7-3-4-1-2-5(8-4)6(9)10/h1-2,8H,3H2,(H,9,10). The van der Waals surface area contributed by atoms with Crippen molar-refractivity contribution < 1.29 is 9.90 Å². The lowest BCUT2D eigenvalue weighted by atomic mass is 10.4. The van der Waals surface area contributed by atoms with Crippen LogP contribution in [0.15, 0.2) is 12.1 Å². The van der Waals surface area contributed by atoms with Gasteiger partial charge in [0.05, 0.1) is 0 Å². The molecule has 0 fully saturated rings. The van der Waals surface area contributed by atoms with Crippen molar-refractivity contribution in [3.63, 3.8) is 0 Å². The quantitative estimate of drug-likeness (QED) is 0.719. The third-order valence-corrected chi connectivity index (χ3v) is 1.72. The van der Waals surface area contributed by atoms with Crippen molar-refractivity contribution >= 4 is 21.9 Å². The van der Waals surface area contributed by atoms with Crippen LogP contribution < -0.4 is 0 Å². The van der Waals surface area contributed by atoms with Gasteiger partial charge in [-0.05, 0) is 12.1 Å². The molecule has 0 saturated heterocycles. The van der Waals surface area contributed by atoms with E-state index in [1.807, 2.05) is 0 Å².